The van der Waals surface area contributed by atoms with E-state index in [-0.39, 0.29) is 44.5 Å². The lowest BCUT2D eigenvalue weighted by molar-refractivity contribution is -0.219. The minimum absolute atomic E-state index is 0.0268. The van der Waals surface area contributed by atoms with E-state index in [0.29, 0.717) is 26.2 Å². The number of esters is 1. The van der Waals surface area contributed by atoms with Gasteiger partial charge in [-0.3, -0.25) is 19.4 Å². The van der Waals surface area contributed by atoms with Crippen molar-refractivity contribution in [3.05, 3.63) is 52.8 Å². The van der Waals surface area contributed by atoms with E-state index in [1.165, 1.54) is 59.4 Å². The van der Waals surface area contributed by atoms with E-state index in [4.69, 9.17) is 28.4 Å². The van der Waals surface area contributed by atoms with Gasteiger partial charge in [-0.1, -0.05) is 45.9 Å². The van der Waals surface area contributed by atoms with Gasteiger partial charge in [0.05, 0.1) is 59.6 Å². The number of methoxy groups -OCH3 is 1. The monoisotopic (exact) mass is 954 g/mol. The summed E-state index contributed by atoms with van der Waals surface area (Å²) in [6, 6.07) is 0. The van der Waals surface area contributed by atoms with E-state index in [9.17, 15) is 50.1 Å². The molecule has 2 aromatic rings. The fraction of sp³-hybridized carbons (Fsp3) is 0.583. The summed E-state index contributed by atoms with van der Waals surface area (Å²) in [5, 5.41) is 87.6. The van der Waals surface area contributed by atoms with Crippen LogP contribution in [0.25, 0.3) is 10.8 Å². The summed E-state index contributed by atoms with van der Waals surface area (Å²) in [5.41, 5.74) is -0.557. The summed E-state index contributed by atoms with van der Waals surface area (Å²) in [6.07, 6.45) is -1.11. The molecule has 0 unspecified atom stereocenters. The van der Waals surface area contributed by atoms with Gasteiger partial charge in [0.25, 0.3) is 11.7 Å². The number of Topliss-reactive ketones (excluding diaryl/α,β-unsaturated/α-hetero) is 1. The largest absolute Gasteiger partial charge is 0.507 e. The molecule has 5 aliphatic rings. The molecule has 8 N–H and O–H groups in total. The fourth-order valence-electron chi connectivity index (χ4n) is 9.29. The first-order valence-corrected chi connectivity index (χ1v) is 22.7. The van der Waals surface area contributed by atoms with Crippen LogP contribution in [-0.2, 0) is 33.3 Å². The molecule has 2 aromatic carbocycles. The number of likely N-dealkylation sites (N-methyl/N-ethyl adjacent to an activating group) is 1. The van der Waals surface area contributed by atoms with Gasteiger partial charge < -0.3 is 74.4 Å². The molecule has 2 fully saturated rings. The van der Waals surface area contributed by atoms with Gasteiger partial charge in [0.1, 0.15) is 41.7 Å². The van der Waals surface area contributed by atoms with Crippen molar-refractivity contribution < 1.29 is 78.6 Å². The van der Waals surface area contributed by atoms with Gasteiger partial charge in [0.2, 0.25) is 0 Å². The van der Waals surface area contributed by atoms with E-state index in [2.05, 4.69) is 15.3 Å². The average molecular weight is 955 g/mol. The molecule has 0 aromatic heterocycles. The van der Waals surface area contributed by atoms with Crippen LogP contribution in [-0.4, -0.2) is 171 Å². The number of rotatable bonds is 7. The zero-order valence-electron chi connectivity index (χ0n) is 40.1. The number of phenols is 3. The second kappa shape index (κ2) is 21.1. The van der Waals surface area contributed by atoms with Gasteiger partial charge in [-0.25, -0.2) is 0 Å². The number of nitrogens with one attached hydrogen (secondary N) is 1. The summed E-state index contributed by atoms with van der Waals surface area (Å²) >= 11 is 0. The minimum Gasteiger partial charge on any atom is -0.507 e. The lowest BCUT2D eigenvalue weighted by Gasteiger charge is -2.39. The van der Waals surface area contributed by atoms with Crippen molar-refractivity contribution in [2.24, 2.45) is 28.8 Å². The molecule has 5 aliphatic heterocycles. The number of fused-ring (bicyclic) bond motifs is 14. The summed E-state index contributed by atoms with van der Waals surface area (Å²) in [7, 11) is 3.38. The quantitative estimate of drug-likeness (QED) is 0.0858. The topological polar surface area (TPSA) is 279 Å². The van der Waals surface area contributed by atoms with Crippen molar-refractivity contribution in [1.29, 1.82) is 0 Å². The SMILES string of the molecule is CO[C@H]1/C=C/O[C@@]2(C)Oc3c(C)c(O)c4c(O)c(c(/C=N\N5CCN(C)CC5)c(O)c4c3C2=O)NC(=O)/C(C)=C\C=C\[C@@H](C)[C@@H](O[C@H]2O[C@H](CO)[C@@H](O)[C@H]2O)[C@@H](C)[C@@H](O)[C@@H](C)[C@H](OC(C)=O)[C@@H]1C. The molecule has 20 heteroatoms. The van der Waals surface area contributed by atoms with Crippen molar-refractivity contribution >= 4 is 40.3 Å². The van der Waals surface area contributed by atoms with Crippen LogP contribution in [0.1, 0.15) is 70.0 Å². The van der Waals surface area contributed by atoms with Crippen LogP contribution in [0.5, 0.6) is 23.0 Å². The Balaban J connectivity index is 1.51. The number of carbonyl (C=O) groups is 3. The van der Waals surface area contributed by atoms with Crippen molar-refractivity contribution in [3.8, 4) is 23.0 Å². The predicted molar refractivity (Wildman–Crippen MR) is 247 cm³/mol. The smallest absolute Gasteiger partial charge is 0.312 e. The number of nitrogens with zero attached hydrogens (tertiary/aromatic N) is 3. The van der Waals surface area contributed by atoms with Crippen LogP contribution in [0, 0.1) is 30.6 Å². The molecule has 7 rings (SSSR count). The van der Waals surface area contributed by atoms with Gasteiger partial charge in [0, 0.05) is 87.3 Å². The number of hydrogen-bond acceptors (Lipinski definition) is 19. The minimum atomic E-state index is -2.10. The highest BCUT2D eigenvalue weighted by atomic mass is 16.7. The summed E-state index contributed by atoms with van der Waals surface area (Å²) < 4.78 is 35.8. The number of hydrazone groups is 1. The van der Waals surface area contributed by atoms with Crippen molar-refractivity contribution in [3.63, 3.8) is 0 Å². The van der Waals surface area contributed by atoms with Gasteiger partial charge in [-0.15, -0.1) is 0 Å². The van der Waals surface area contributed by atoms with Crippen LogP contribution >= 0.6 is 0 Å². The van der Waals surface area contributed by atoms with Crippen LogP contribution in [0.2, 0.25) is 0 Å². The molecule has 5 bridgehead atoms. The zero-order chi connectivity index (χ0) is 50.1. The Morgan fingerprint density at radius 2 is 1.59 bits per heavy atom. The molecule has 0 spiro atoms. The number of amides is 1. The third-order valence-corrected chi connectivity index (χ3v) is 13.6. The van der Waals surface area contributed by atoms with Crippen molar-refractivity contribution in [2.75, 3.05) is 52.3 Å². The zero-order valence-corrected chi connectivity index (χ0v) is 40.1. The number of aliphatic hydroxyl groups excluding tert-OH is 4. The molecule has 2 saturated heterocycles. The first kappa shape index (κ1) is 52.1. The van der Waals surface area contributed by atoms with Crippen LogP contribution in [0.15, 0.2) is 41.2 Å². The normalized spacial score (nSPS) is 35.0. The van der Waals surface area contributed by atoms with E-state index in [1.54, 1.807) is 44.9 Å². The van der Waals surface area contributed by atoms with E-state index in [1.807, 2.05) is 7.05 Å². The Bertz CT molecular complexity index is 2340. The molecule has 13 atom stereocenters. The Hall–Kier alpha value is -5.32. The third kappa shape index (κ3) is 10.2. The molecule has 5 heterocycles. The predicted octanol–water partition coefficient (Wildman–Crippen LogP) is 2.80. The van der Waals surface area contributed by atoms with Crippen molar-refractivity contribution in [2.45, 2.75) is 110 Å². The standard InChI is InChI=1S/C48H66N4O16/c1-22-12-11-13-23(2)46(62)50-35-29(20-49-52-17-15-51(9)16-18-52)38(57)32-33(40(35)59)37(56)27(6)44-34(32)45(61)48(8,68-44)64-19-14-30(63-10)24(3)43(65-28(7)54)26(5)36(55)25(4)42(22)67-47-41(60)39(58)31(21-53)66-47/h11-14,19-20,22,24-26,30-31,36,39,41-43,47,53,55-60H,15-18,21H2,1-10H3,(H,50,62)/b12-11+,19-14+,23-13-,49-20-/t22-,24-,25+,26-,30+,31-,36-,39-,41-,42-,43-,47-,48+/m1/s1. The molecule has 68 heavy (non-hydrogen) atoms. The molecule has 0 saturated carbocycles. The Morgan fingerprint density at radius 3 is 2.21 bits per heavy atom. The second-order valence-corrected chi connectivity index (χ2v) is 18.4. The van der Waals surface area contributed by atoms with Gasteiger partial charge in [-0.2, -0.15) is 5.10 Å². The number of benzene rings is 2. The number of carbonyl (C=O) groups excluding carboxylic acids is 3. The molecule has 0 aliphatic carbocycles. The van der Waals surface area contributed by atoms with Gasteiger partial charge in [0.15, 0.2) is 12.0 Å². The Labute approximate surface area is 395 Å². The number of allylic oxidation sites excluding steroid dienone is 2. The van der Waals surface area contributed by atoms with Crippen LogP contribution < -0.4 is 10.1 Å². The maximum atomic E-state index is 14.6. The lowest BCUT2D eigenvalue weighted by atomic mass is 9.78. The molecular weight excluding hydrogens is 889 g/mol. The van der Waals surface area contributed by atoms with E-state index in [0.717, 1.165) is 0 Å². The third-order valence-electron chi connectivity index (χ3n) is 13.6. The maximum Gasteiger partial charge on any atom is 0.312 e. The number of ketones is 1. The second-order valence-electron chi connectivity index (χ2n) is 18.4. The first-order chi connectivity index (χ1) is 32.1. The lowest BCUT2D eigenvalue weighted by Crippen LogP contribution is -2.48. The van der Waals surface area contributed by atoms with Crippen molar-refractivity contribution in [1.82, 2.24) is 9.91 Å². The summed E-state index contributed by atoms with van der Waals surface area (Å²) in [6.45, 7) is 14.2. The number of aliphatic hydroxyl groups is 4. The van der Waals surface area contributed by atoms with Gasteiger partial charge >= 0.3 is 11.8 Å². The van der Waals surface area contributed by atoms with Crippen LogP contribution in [0.4, 0.5) is 5.69 Å². The summed E-state index contributed by atoms with van der Waals surface area (Å²) in [5.74, 6) is -9.12. The average Bonchev–Trinajstić information content (AvgIpc) is 3.73. The Morgan fingerprint density at radius 1 is 0.926 bits per heavy atom. The number of piperazine rings is 1. The fourth-order valence-corrected chi connectivity index (χ4v) is 9.29. The number of ether oxygens (including phenoxy) is 6. The molecule has 374 valence electrons. The Kier molecular flexibility index (Phi) is 16.2. The molecule has 20 nitrogen and oxygen atoms in total. The first-order valence-electron chi connectivity index (χ1n) is 22.7. The molecule has 1 amide bonds. The number of phenolic OH excluding ortho intramolecular Hbond substituents is 3. The van der Waals surface area contributed by atoms with E-state index < -0.39 is 120 Å². The summed E-state index contributed by atoms with van der Waals surface area (Å²) in [4.78, 5) is 43.3. The number of hydrogen-bond donors (Lipinski definition) is 8. The highest BCUT2D eigenvalue weighted by Crippen LogP contribution is 2.55. The highest BCUT2D eigenvalue weighted by Gasteiger charge is 2.50. The van der Waals surface area contributed by atoms with E-state index >= 15 is 0 Å². The van der Waals surface area contributed by atoms with Crippen LogP contribution in [0.3, 0.4) is 0 Å². The number of anilines is 1. The molecule has 0 radical (unpaired) electrons. The molecular formula is C48H66N4O16. The maximum absolute atomic E-state index is 14.6. The van der Waals surface area contributed by atoms with Gasteiger partial charge in [-0.05, 0) is 27.0 Å². The highest BCUT2D eigenvalue weighted by molar-refractivity contribution is 6.23. The number of aromatic hydroxyl groups is 3.